The molecular weight excluding hydrogens is 330 g/mol. The number of halogens is 2. The van der Waals surface area contributed by atoms with Crippen LogP contribution in [-0.2, 0) is 19.2 Å². The summed E-state index contributed by atoms with van der Waals surface area (Å²) >= 11 is -0.0696. The summed E-state index contributed by atoms with van der Waals surface area (Å²) in [5.74, 6) is 2.42. The van der Waals surface area contributed by atoms with Crippen LogP contribution in [0.4, 0.5) is 0 Å². The van der Waals surface area contributed by atoms with Gasteiger partial charge in [0.1, 0.15) is 0 Å². The molecule has 0 spiro atoms. The van der Waals surface area contributed by atoms with Crippen molar-refractivity contribution in [1.82, 2.24) is 0 Å². The van der Waals surface area contributed by atoms with E-state index in [4.69, 9.17) is 0 Å². The maximum absolute atomic E-state index is 2.42. The van der Waals surface area contributed by atoms with Crippen molar-refractivity contribution in [2.75, 3.05) is 0 Å². The standard InChI is InChI=1S/C9H7.C6H8P.2ClH.Ti/c1-2-5-9-7-3-6-8(9)4-1;1-5-3-6(2)7-4-5;;;/h1-7H;4,7H,1-2H3;2*1H;/q;;;;+2/p-2. The molecule has 4 heteroatoms. The number of benzene rings is 1. The van der Waals surface area contributed by atoms with Gasteiger partial charge in [0.15, 0.2) is 0 Å². The molecule has 0 N–H and O–H groups in total. The molecule has 98 valence electrons. The SMILES string of the molecule is Cc1c[pH]c(C)[c]1[Ti+2][CH]1C=Cc2ccccc21.[Cl-].[Cl-]. The summed E-state index contributed by atoms with van der Waals surface area (Å²) in [6, 6.07) is 8.84. The van der Waals surface area contributed by atoms with Gasteiger partial charge in [-0.05, 0) is 0 Å². The Morgan fingerprint density at radius 3 is 2.53 bits per heavy atom. The zero-order valence-electron chi connectivity index (χ0n) is 10.9. The van der Waals surface area contributed by atoms with E-state index < -0.39 is 0 Å². The second kappa shape index (κ2) is 7.16. The van der Waals surface area contributed by atoms with Gasteiger partial charge < -0.3 is 24.8 Å². The third-order valence-electron chi connectivity index (χ3n) is 3.37. The summed E-state index contributed by atoms with van der Waals surface area (Å²) < 4.78 is 2.43. The minimum atomic E-state index is -0.0696. The number of aryl methyl sites for hydroxylation is 2. The first kappa shape index (κ1) is 17.1. The van der Waals surface area contributed by atoms with Crippen molar-refractivity contribution in [3.63, 3.8) is 0 Å². The van der Waals surface area contributed by atoms with E-state index in [1.54, 1.807) is 20.3 Å². The quantitative estimate of drug-likeness (QED) is 0.543. The molecular formula is C15H15Cl2PTi. The van der Waals surface area contributed by atoms with Gasteiger partial charge in [0.25, 0.3) is 0 Å². The molecule has 3 rings (SSSR count). The molecule has 0 nitrogen and oxygen atoms in total. The molecule has 1 aromatic carbocycles. The third kappa shape index (κ3) is 3.38. The first-order valence-electron chi connectivity index (χ1n) is 5.94. The number of hydrogen-bond acceptors (Lipinski definition) is 0. The first-order chi connectivity index (χ1) is 8.25. The van der Waals surface area contributed by atoms with Crippen molar-refractivity contribution in [2.24, 2.45) is 0 Å². The summed E-state index contributed by atoms with van der Waals surface area (Å²) in [6.07, 6.45) is 4.72. The van der Waals surface area contributed by atoms with Gasteiger partial charge >= 0.3 is 113 Å². The van der Waals surface area contributed by atoms with E-state index >= 15 is 0 Å². The second-order valence-electron chi connectivity index (χ2n) is 4.58. The monoisotopic (exact) mass is 344 g/mol. The summed E-state index contributed by atoms with van der Waals surface area (Å²) in [5.41, 5.74) is 4.54. The molecule has 0 amide bonds. The van der Waals surface area contributed by atoms with Crippen molar-refractivity contribution in [1.29, 1.82) is 0 Å². The van der Waals surface area contributed by atoms with E-state index in [2.05, 4.69) is 56.1 Å². The maximum Gasteiger partial charge on any atom is -1.00 e. The predicted octanol–water partition coefficient (Wildman–Crippen LogP) is -2.18. The van der Waals surface area contributed by atoms with E-state index in [-0.39, 0.29) is 44.0 Å². The fourth-order valence-electron chi connectivity index (χ4n) is 2.41. The molecule has 2 atom stereocenters. The van der Waals surface area contributed by atoms with Crippen LogP contribution in [0.1, 0.15) is 26.2 Å². The smallest absolute Gasteiger partial charge is 1.00 e. The van der Waals surface area contributed by atoms with E-state index in [0.29, 0.717) is 4.22 Å². The van der Waals surface area contributed by atoms with Gasteiger partial charge in [0.05, 0.1) is 0 Å². The van der Waals surface area contributed by atoms with Gasteiger partial charge in [-0.3, -0.25) is 0 Å². The molecule has 1 aliphatic carbocycles. The van der Waals surface area contributed by atoms with Crippen molar-refractivity contribution in [3.05, 3.63) is 58.1 Å². The number of allylic oxidation sites excluding steroid dienone is 1. The van der Waals surface area contributed by atoms with Gasteiger partial charge in [0.2, 0.25) is 0 Å². The molecule has 1 aromatic heterocycles. The maximum atomic E-state index is 2.42. The first-order valence-corrected chi connectivity index (χ1v) is 8.70. The van der Waals surface area contributed by atoms with Crippen LogP contribution < -0.4 is 28.7 Å². The molecule has 19 heavy (non-hydrogen) atoms. The largest absolute Gasteiger partial charge is 1.00 e. The van der Waals surface area contributed by atoms with E-state index in [0.717, 1.165) is 8.19 Å². The molecule has 1 aliphatic rings. The van der Waals surface area contributed by atoms with Crippen molar-refractivity contribution in [3.8, 4) is 0 Å². The molecule has 1 heterocycles. The molecule has 2 unspecified atom stereocenters. The zero-order valence-corrected chi connectivity index (χ0v) is 14.9. The Bertz CT molecular complexity index is 570. The number of rotatable bonds is 2. The Morgan fingerprint density at radius 2 is 1.84 bits per heavy atom. The number of fused-ring (bicyclic) bond motifs is 1. The Kier molecular flexibility index (Phi) is 6.44. The van der Waals surface area contributed by atoms with Crippen LogP contribution >= 0.6 is 8.19 Å². The number of hydrogen-bond donors (Lipinski definition) is 0. The van der Waals surface area contributed by atoms with Gasteiger partial charge in [-0.1, -0.05) is 0 Å². The Balaban J connectivity index is 0.000000902. The average Bonchev–Trinajstić information content (AvgIpc) is 2.88. The minimum Gasteiger partial charge on any atom is -1.00 e. The molecule has 0 saturated heterocycles. The normalized spacial score (nSPS) is 15.6. The van der Waals surface area contributed by atoms with Crippen LogP contribution in [-0.4, -0.2) is 0 Å². The van der Waals surface area contributed by atoms with E-state index in [1.165, 1.54) is 5.56 Å². The predicted molar refractivity (Wildman–Crippen MR) is 73.3 cm³/mol. The Morgan fingerprint density at radius 1 is 1.11 bits per heavy atom. The molecule has 0 fully saturated rings. The fourth-order valence-corrected chi connectivity index (χ4v) is 6.44. The van der Waals surface area contributed by atoms with Gasteiger partial charge in [-0.15, -0.1) is 0 Å². The van der Waals surface area contributed by atoms with E-state index in [9.17, 15) is 0 Å². The van der Waals surface area contributed by atoms with Crippen LogP contribution in [0, 0.1) is 13.8 Å². The molecule has 0 bridgehead atoms. The molecule has 0 aliphatic heterocycles. The van der Waals surface area contributed by atoms with Crippen LogP contribution in [0.3, 0.4) is 0 Å². The minimum absolute atomic E-state index is 0. The zero-order chi connectivity index (χ0) is 11.8. The van der Waals surface area contributed by atoms with Crippen LogP contribution in [0.2, 0.25) is 0 Å². The van der Waals surface area contributed by atoms with Gasteiger partial charge in [0, 0.05) is 0 Å². The van der Waals surface area contributed by atoms with Crippen molar-refractivity contribution >= 4 is 18.1 Å². The van der Waals surface area contributed by atoms with Crippen LogP contribution in [0.5, 0.6) is 0 Å². The van der Waals surface area contributed by atoms with Crippen LogP contribution in [0.15, 0.2) is 36.1 Å². The summed E-state index contributed by atoms with van der Waals surface area (Å²) in [5, 5.41) is 1.64. The molecule has 2 aromatic rings. The van der Waals surface area contributed by atoms with Gasteiger partial charge in [-0.25, -0.2) is 0 Å². The average molecular weight is 345 g/mol. The fraction of sp³-hybridized carbons (Fsp3) is 0.200. The summed E-state index contributed by atoms with van der Waals surface area (Å²) in [6.45, 7) is 4.60. The van der Waals surface area contributed by atoms with Gasteiger partial charge in [-0.2, -0.15) is 0 Å². The summed E-state index contributed by atoms with van der Waals surface area (Å²) in [4.78, 5) is 0. The van der Waals surface area contributed by atoms with Crippen molar-refractivity contribution < 1.29 is 44.0 Å². The summed E-state index contributed by atoms with van der Waals surface area (Å²) in [7, 11) is 0.943. The Hall–Kier alpha value is 0.0343. The van der Waals surface area contributed by atoms with E-state index in [1.807, 2.05) is 0 Å². The van der Waals surface area contributed by atoms with Crippen molar-refractivity contribution in [2.45, 2.75) is 18.1 Å². The Labute approximate surface area is 137 Å². The molecule has 0 radical (unpaired) electrons. The molecule has 0 saturated carbocycles. The second-order valence-corrected chi connectivity index (χ2v) is 8.11. The van der Waals surface area contributed by atoms with Crippen LogP contribution in [0.25, 0.3) is 6.08 Å². The third-order valence-corrected chi connectivity index (χ3v) is 7.95. The topological polar surface area (TPSA) is 0 Å².